The van der Waals surface area contributed by atoms with E-state index in [1.807, 2.05) is 31.3 Å². The van der Waals surface area contributed by atoms with Gasteiger partial charge in [0, 0.05) is 46.9 Å². The Morgan fingerprint density at radius 2 is 1.75 bits per heavy atom. The van der Waals surface area contributed by atoms with Crippen LogP contribution in [0.5, 0.6) is 5.75 Å². The van der Waals surface area contributed by atoms with Crippen LogP contribution in [0.4, 0.5) is 0 Å². The number of ether oxygens (including phenoxy) is 1. The number of benzene rings is 2. The number of nitrogens with zero attached hydrogens (tertiary/aromatic N) is 1. The highest BCUT2D eigenvalue weighted by atomic mass is 32.2. The topological polar surface area (TPSA) is 115 Å². The Morgan fingerprint density at radius 3 is 2.50 bits per heavy atom. The molecule has 0 aliphatic heterocycles. The van der Waals surface area contributed by atoms with Crippen molar-refractivity contribution in [3.63, 3.8) is 0 Å². The number of pyridine rings is 1. The molecule has 0 saturated carbocycles. The Kier molecular flexibility index (Phi) is 5.60. The third-order valence-electron chi connectivity index (χ3n) is 5.39. The fraction of sp³-hybridized carbons (Fsp3) is 0.261. The minimum Gasteiger partial charge on any atom is -0.427 e. The van der Waals surface area contributed by atoms with Gasteiger partial charge in [-0.05, 0) is 61.0 Å². The van der Waals surface area contributed by atoms with Gasteiger partial charge >= 0.3 is 22.1 Å². The average Bonchev–Trinajstić information content (AvgIpc) is 3.10. The maximum atomic E-state index is 12.2. The summed E-state index contributed by atoms with van der Waals surface area (Å²) in [5, 5.41) is 4.20. The lowest BCUT2D eigenvalue weighted by atomic mass is 9.97. The predicted molar refractivity (Wildman–Crippen MR) is 121 cm³/mol. The zero-order valence-electron chi connectivity index (χ0n) is 17.9. The van der Waals surface area contributed by atoms with E-state index < -0.39 is 22.1 Å². The van der Waals surface area contributed by atoms with E-state index >= 15 is 0 Å². The van der Waals surface area contributed by atoms with Gasteiger partial charge in [-0.1, -0.05) is 0 Å². The Morgan fingerprint density at radius 1 is 1.00 bits per heavy atom. The van der Waals surface area contributed by atoms with Gasteiger partial charge in [0.2, 0.25) is 0 Å². The summed E-state index contributed by atoms with van der Waals surface area (Å²) in [5.41, 5.74) is 4.17. The molecule has 0 aliphatic rings. The first kappa shape index (κ1) is 21.8. The van der Waals surface area contributed by atoms with Crippen molar-refractivity contribution in [1.82, 2.24) is 9.97 Å². The lowest BCUT2D eigenvalue weighted by molar-refractivity contribution is -0.135. The van der Waals surface area contributed by atoms with Gasteiger partial charge in [0.15, 0.2) is 0 Å². The van der Waals surface area contributed by atoms with Gasteiger partial charge in [0.1, 0.15) is 5.75 Å². The SMILES string of the molecule is Cc1c2ccncc2c(C)c2c1[nH]c1ccc(OC(=O)CCCC(=O)OS(C)(=O)=O)cc12. The molecule has 0 radical (unpaired) electrons. The van der Waals surface area contributed by atoms with Crippen molar-refractivity contribution in [2.24, 2.45) is 0 Å². The second kappa shape index (κ2) is 8.23. The molecule has 0 aliphatic carbocycles. The third kappa shape index (κ3) is 4.29. The predicted octanol–water partition coefficient (Wildman–Crippen LogP) is 4.06. The van der Waals surface area contributed by atoms with Crippen LogP contribution in [-0.2, 0) is 23.9 Å². The number of aromatic nitrogens is 2. The van der Waals surface area contributed by atoms with Gasteiger partial charge < -0.3 is 13.9 Å². The summed E-state index contributed by atoms with van der Waals surface area (Å²) in [5.74, 6) is -1.02. The number of rotatable bonds is 6. The number of nitrogens with one attached hydrogen (secondary N) is 1. The highest BCUT2D eigenvalue weighted by Gasteiger charge is 2.16. The first-order valence-corrected chi connectivity index (χ1v) is 11.9. The van der Waals surface area contributed by atoms with Crippen molar-refractivity contribution >= 4 is 54.6 Å². The molecule has 0 fully saturated rings. The first-order valence-electron chi connectivity index (χ1n) is 10.1. The summed E-state index contributed by atoms with van der Waals surface area (Å²) >= 11 is 0. The van der Waals surface area contributed by atoms with Crippen molar-refractivity contribution in [2.75, 3.05) is 6.26 Å². The quantitative estimate of drug-likeness (QED) is 0.265. The number of hydrogen-bond donors (Lipinski definition) is 1. The van der Waals surface area contributed by atoms with Gasteiger partial charge in [0.05, 0.1) is 11.8 Å². The lowest BCUT2D eigenvalue weighted by Gasteiger charge is -2.08. The largest absolute Gasteiger partial charge is 0.427 e. The van der Waals surface area contributed by atoms with Gasteiger partial charge in [-0.25, -0.2) is 0 Å². The Labute approximate surface area is 184 Å². The molecule has 9 heteroatoms. The molecule has 32 heavy (non-hydrogen) atoms. The molecule has 0 saturated heterocycles. The van der Waals surface area contributed by atoms with Crippen LogP contribution >= 0.6 is 0 Å². The molecule has 0 bridgehead atoms. The maximum Gasteiger partial charge on any atom is 0.322 e. The number of hydrogen-bond acceptors (Lipinski definition) is 7. The van der Waals surface area contributed by atoms with E-state index in [4.69, 9.17) is 4.74 Å². The van der Waals surface area contributed by atoms with Crippen molar-refractivity contribution in [2.45, 2.75) is 33.1 Å². The normalized spacial score (nSPS) is 11.8. The zero-order chi connectivity index (χ0) is 23.0. The summed E-state index contributed by atoms with van der Waals surface area (Å²) in [4.78, 5) is 31.4. The second-order valence-corrected chi connectivity index (χ2v) is 9.32. The van der Waals surface area contributed by atoms with Crippen LogP contribution in [-0.4, -0.2) is 36.6 Å². The molecule has 0 amide bonds. The average molecular weight is 455 g/mol. The molecule has 0 atom stereocenters. The Bertz CT molecular complexity index is 1490. The second-order valence-electron chi connectivity index (χ2n) is 7.74. The fourth-order valence-electron chi connectivity index (χ4n) is 3.96. The molecule has 2 aromatic heterocycles. The van der Waals surface area contributed by atoms with E-state index in [2.05, 4.69) is 21.1 Å². The van der Waals surface area contributed by atoms with E-state index in [9.17, 15) is 18.0 Å². The fourth-order valence-corrected chi connectivity index (χ4v) is 4.39. The maximum absolute atomic E-state index is 12.2. The number of carbonyl (C=O) groups excluding carboxylic acids is 2. The minimum absolute atomic E-state index is 0.0424. The van der Waals surface area contributed by atoms with Crippen LogP contribution in [0.3, 0.4) is 0 Å². The summed E-state index contributed by atoms with van der Waals surface area (Å²) in [6, 6.07) is 7.39. The highest BCUT2D eigenvalue weighted by Crippen LogP contribution is 2.37. The number of esters is 1. The smallest absolute Gasteiger partial charge is 0.322 e. The van der Waals surface area contributed by atoms with E-state index in [-0.39, 0.29) is 19.3 Å². The molecule has 8 nitrogen and oxygen atoms in total. The summed E-state index contributed by atoms with van der Waals surface area (Å²) in [7, 11) is -3.85. The molecule has 2 aromatic carbocycles. The van der Waals surface area contributed by atoms with E-state index in [1.165, 1.54) is 0 Å². The van der Waals surface area contributed by atoms with Crippen molar-refractivity contribution in [1.29, 1.82) is 0 Å². The third-order valence-corrected chi connectivity index (χ3v) is 5.88. The van der Waals surface area contributed by atoms with Crippen molar-refractivity contribution < 1.29 is 26.9 Å². The molecule has 4 aromatic rings. The molecule has 2 heterocycles. The Hall–Kier alpha value is -3.46. The number of fused-ring (bicyclic) bond motifs is 4. The van der Waals surface area contributed by atoms with E-state index in [0.29, 0.717) is 5.75 Å². The van der Waals surface area contributed by atoms with Gasteiger partial charge in [-0.3, -0.25) is 14.6 Å². The van der Waals surface area contributed by atoms with Crippen LogP contribution in [0.25, 0.3) is 32.6 Å². The van der Waals surface area contributed by atoms with E-state index in [1.54, 1.807) is 12.3 Å². The van der Waals surface area contributed by atoms with Crippen molar-refractivity contribution in [3.8, 4) is 5.75 Å². The summed E-state index contributed by atoms with van der Waals surface area (Å²) < 4.78 is 31.6. The van der Waals surface area contributed by atoms with Crippen LogP contribution in [0.1, 0.15) is 30.4 Å². The number of carbonyl (C=O) groups is 2. The van der Waals surface area contributed by atoms with Gasteiger partial charge in [-0.2, -0.15) is 8.42 Å². The summed E-state index contributed by atoms with van der Waals surface area (Å²) in [6.07, 6.45) is 4.32. The van der Waals surface area contributed by atoms with Crippen LogP contribution in [0.15, 0.2) is 36.7 Å². The van der Waals surface area contributed by atoms with Crippen LogP contribution in [0.2, 0.25) is 0 Å². The van der Waals surface area contributed by atoms with Crippen LogP contribution in [0, 0.1) is 13.8 Å². The highest BCUT2D eigenvalue weighted by molar-refractivity contribution is 7.86. The minimum atomic E-state index is -3.85. The standard InChI is InChI=1S/C23H22N2O6S/c1-13-18-12-24-10-9-16(18)14(2)23-22(13)17-11-15(7-8-19(17)25-23)30-20(26)5-4-6-21(27)31-32(3,28)29/h7-12,25H,4-6H2,1-3H3. The molecule has 4 rings (SSSR count). The van der Waals surface area contributed by atoms with Crippen molar-refractivity contribution in [3.05, 3.63) is 47.8 Å². The molecular formula is C23H22N2O6S. The first-order chi connectivity index (χ1) is 15.1. The number of H-pyrrole nitrogens is 1. The monoisotopic (exact) mass is 454 g/mol. The van der Waals surface area contributed by atoms with Crippen LogP contribution < -0.4 is 4.74 Å². The van der Waals surface area contributed by atoms with Gasteiger partial charge in [-0.15, -0.1) is 0 Å². The summed E-state index contributed by atoms with van der Waals surface area (Å²) in [6.45, 7) is 4.11. The molecule has 166 valence electrons. The number of aromatic amines is 1. The van der Waals surface area contributed by atoms with Gasteiger partial charge in [0.25, 0.3) is 0 Å². The molecule has 0 spiro atoms. The number of aryl methyl sites for hydroxylation is 2. The molecule has 0 unspecified atom stereocenters. The lowest BCUT2D eigenvalue weighted by Crippen LogP contribution is -2.13. The Balaban J connectivity index is 1.56. The molecular weight excluding hydrogens is 432 g/mol. The molecule has 1 N–H and O–H groups in total. The van der Waals surface area contributed by atoms with E-state index in [0.717, 1.165) is 50.0 Å². The zero-order valence-corrected chi connectivity index (χ0v) is 18.7.